The van der Waals surface area contributed by atoms with Crippen LogP contribution in [0.2, 0.25) is 0 Å². The van der Waals surface area contributed by atoms with E-state index in [9.17, 15) is 4.79 Å². The normalized spacial score (nSPS) is 10.7. The van der Waals surface area contributed by atoms with Gasteiger partial charge in [-0.05, 0) is 34.9 Å². The van der Waals surface area contributed by atoms with Gasteiger partial charge in [0.2, 0.25) is 0 Å². The van der Waals surface area contributed by atoms with Gasteiger partial charge in [0.25, 0.3) is 0 Å². The van der Waals surface area contributed by atoms with Crippen molar-refractivity contribution < 1.29 is 4.79 Å². The molecule has 2 nitrogen and oxygen atoms in total. The molecule has 104 valence electrons. The van der Waals surface area contributed by atoms with E-state index in [0.29, 0.717) is 17.7 Å². The van der Waals surface area contributed by atoms with E-state index in [-0.39, 0.29) is 5.78 Å². The van der Waals surface area contributed by atoms with Crippen molar-refractivity contribution in [3.05, 3.63) is 77.9 Å². The Kier molecular flexibility index (Phi) is 3.69. The number of fused-ring (bicyclic) bond motifs is 1. The van der Waals surface area contributed by atoms with E-state index in [1.165, 1.54) is 5.56 Å². The predicted molar refractivity (Wildman–Crippen MR) is 87.5 cm³/mol. The molecule has 21 heavy (non-hydrogen) atoms. The molecule has 0 radical (unpaired) electrons. The summed E-state index contributed by atoms with van der Waals surface area (Å²) in [5, 5.41) is 2.12. The fourth-order valence-electron chi connectivity index (χ4n) is 2.54. The van der Waals surface area contributed by atoms with Crippen molar-refractivity contribution in [3.8, 4) is 0 Å². The molecule has 0 bridgehead atoms. The third kappa shape index (κ3) is 2.95. The molecule has 0 saturated carbocycles. The Morgan fingerprint density at radius 3 is 2.19 bits per heavy atom. The van der Waals surface area contributed by atoms with Crippen LogP contribution >= 0.6 is 0 Å². The van der Waals surface area contributed by atoms with E-state index in [0.717, 1.165) is 17.2 Å². The number of hydrogen-bond acceptors (Lipinski definition) is 2. The summed E-state index contributed by atoms with van der Waals surface area (Å²) in [7, 11) is 0. The molecule has 3 aromatic carbocycles. The Balaban J connectivity index is 1.82. The fraction of sp³-hybridized carbons (Fsp3) is 0.105. The van der Waals surface area contributed by atoms with Crippen LogP contribution in [-0.4, -0.2) is 5.78 Å². The number of rotatable bonds is 4. The lowest BCUT2D eigenvalue weighted by Crippen LogP contribution is -2.05. The van der Waals surface area contributed by atoms with Gasteiger partial charge in [0.05, 0.1) is 0 Å². The molecule has 3 rings (SSSR count). The number of aryl methyl sites for hydroxylation is 1. The number of carbonyl (C=O) groups excluding carboxylic acids is 1. The molecule has 0 aliphatic rings. The van der Waals surface area contributed by atoms with Crippen molar-refractivity contribution in [3.63, 3.8) is 0 Å². The highest BCUT2D eigenvalue weighted by molar-refractivity contribution is 6.05. The van der Waals surface area contributed by atoms with Crippen LogP contribution in [0, 0.1) is 0 Å². The van der Waals surface area contributed by atoms with Crippen molar-refractivity contribution in [2.24, 2.45) is 0 Å². The van der Waals surface area contributed by atoms with Crippen LogP contribution in [0.25, 0.3) is 10.8 Å². The second-order valence-electron chi connectivity index (χ2n) is 5.20. The first-order valence-corrected chi connectivity index (χ1v) is 7.09. The summed E-state index contributed by atoms with van der Waals surface area (Å²) in [6.45, 7) is 0. The Hall–Kier alpha value is -2.61. The van der Waals surface area contributed by atoms with Crippen LogP contribution < -0.4 is 5.73 Å². The quantitative estimate of drug-likeness (QED) is 0.571. The number of Topliss-reactive ketones (excluding diaryl/α,β-unsaturated/α-hetero) is 1. The Bertz CT molecular complexity index is 778. The van der Waals surface area contributed by atoms with Gasteiger partial charge >= 0.3 is 0 Å². The molecule has 3 aromatic rings. The summed E-state index contributed by atoms with van der Waals surface area (Å²) in [6, 6.07) is 21.8. The number of nitrogen functional groups attached to an aromatic ring is 1. The third-order valence-corrected chi connectivity index (χ3v) is 3.70. The minimum atomic E-state index is 0.0992. The van der Waals surface area contributed by atoms with Crippen LogP contribution in [-0.2, 0) is 6.42 Å². The van der Waals surface area contributed by atoms with Crippen LogP contribution in [0.4, 0.5) is 5.69 Å². The van der Waals surface area contributed by atoms with Crippen LogP contribution in [0.1, 0.15) is 22.3 Å². The standard InChI is InChI=1S/C19H17NO/c20-18-13-16-9-5-4-8-15(16)12-17(18)19(21)11-10-14-6-2-1-3-7-14/h1-9,12-13H,10-11,20H2. The molecule has 0 unspecified atom stereocenters. The zero-order valence-electron chi connectivity index (χ0n) is 11.8. The second-order valence-corrected chi connectivity index (χ2v) is 5.20. The molecule has 0 aliphatic carbocycles. The number of carbonyl (C=O) groups is 1. The van der Waals surface area contributed by atoms with E-state index in [1.807, 2.05) is 66.7 Å². The van der Waals surface area contributed by atoms with Gasteiger partial charge in [0.1, 0.15) is 0 Å². The number of nitrogens with two attached hydrogens (primary N) is 1. The summed E-state index contributed by atoms with van der Waals surface area (Å²) in [5.74, 6) is 0.0992. The maximum atomic E-state index is 12.4. The molecular formula is C19H17NO. The third-order valence-electron chi connectivity index (χ3n) is 3.70. The summed E-state index contributed by atoms with van der Waals surface area (Å²) < 4.78 is 0. The smallest absolute Gasteiger partial charge is 0.165 e. The molecule has 0 spiro atoms. The maximum Gasteiger partial charge on any atom is 0.165 e. The summed E-state index contributed by atoms with van der Waals surface area (Å²) >= 11 is 0. The van der Waals surface area contributed by atoms with Crippen molar-refractivity contribution in [2.45, 2.75) is 12.8 Å². The van der Waals surface area contributed by atoms with Gasteiger partial charge < -0.3 is 5.73 Å². The first-order valence-electron chi connectivity index (χ1n) is 7.09. The topological polar surface area (TPSA) is 43.1 Å². The highest BCUT2D eigenvalue weighted by Gasteiger charge is 2.11. The highest BCUT2D eigenvalue weighted by atomic mass is 16.1. The molecule has 0 aliphatic heterocycles. The highest BCUT2D eigenvalue weighted by Crippen LogP contribution is 2.23. The van der Waals surface area contributed by atoms with E-state index in [1.54, 1.807) is 0 Å². The zero-order valence-corrected chi connectivity index (χ0v) is 11.8. The minimum absolute atomic E-state index is 0.0992. The van der Waals surface area contributed by atoms with E-state index in [2.05, 4.69) is 0 Å². The number of benzene rings is 3. The van der Waals surface area contributed by atoms with Crippen molar-refractivity contribution in [2.75, 3.05) is 5.73 Å². The second kappa shape index (κ2) is 5.80. The summed E-state index contributed by atoms with van der Waals surface area (Å²) in [5.41, 5.74) is 8.40. The Morgan fingerprint density at radius 1 is 0.857 bits per heavy atom. The van der Waals surface area contributed by atoms with Gasteiger partial charge in [-0.3, -0.25) is 4.79 Å². The van der Waals surface area contributed by atoms with Gasteiger partial charge in [-0.2, -0.15) is 0 Å². The SMILES string of the molecule is Nc1cc2ccccc2cc1C(=O)CCc1ccccc1. The molecule has 2 N–H and O–H groups in total. The van der Waals surface area contributed by atoms with E-state index in [4.69, 9.17) is 5.73 Å². The fourth-order valence-corrected chi connectivity index (χ4v) is 2.54. The predicted octanol–water partition coefficient (Wildman–Crippen LogP) is 4.24. The molecule has 0 amide bonds. The monoisotopic (exact) mass is 275 g/mol. The molecule has 0 atom stereocenters. The summed E-state index contributed by atoms with van der Waals surface area (Å²) in [6.07, 6.45) is 1.22. The van der Waals surface area contributed by atoms with E-state index < -0.39 is 0 Å². The van der Waals surface area contributed by atoms with Gasteiger partial charge in [-0.15, -0.1) is 0 Å². The molecule has 0 aromatic heterocycles. The lowest BCUT2D eigenvalue weighted by atomic mass is 9.98. The summed E-state index contributed by atoms with van der Waals surface area (Å²) in [4.78, 5) is 12.4. The van der Waals surface area contributed by atoms with Crippen LogP contribution in [0.15, 0.2) is 66.7 Å². The van der Waals surface area contributed by atoms with Crippen molar-refractivity contribution in [1.82, 2.24) is 0 Å². The number of ketones is 1. The number of hydrogen-bond donors (Lipinski definition) is 1. The van der Waals surface area contributed by atoms with Gasteiger partial charge in [0.15, 0.2) is 5.78 Å². The average molecular weight is 275 g/mol. The lowest BCUT2D eigenvalue weighted by molar-refractivity contribution is 0.0984. The van der Waals surface area contributed by atoms with Crippen LogP contribution in [0.3, 0.4) is 0 Å². The van der Waals surface area contributed by atoms with Crippen molar-refractivity contribution in [1.29, 1.82) is 0 Å². The first kappa shape index (κ1) is 13.4. The maximum absolute atomic E-state index is 12.4. The van der Waals surface area contributed by atoms with E-state index >= 15 is 0 Å². The molecule has 0 fully saturated rings. The van der Waals surface area contributed by atoms with Crippen LogP contribution in [0.5, 0.6) is 0 Å². The van der Waals surface area contributed by atoms with Gasteiger partial charge in [0, 0.05) is 17.7 Å². The zero-order chi connectivity index (χ0) is 14.7. The molecule has 0 heterocycles. The Morgan fingerprint density at radius 2 is 1.48 bits per heavy atom. The number of anilines is 1. The average Bonchev–Trinajstić information content (AvgIpc) is 2.53. The Labute approximate surface area is 124 Å². The van der Waals surface area contributed by atoms with Gasteiger partial charge in [-0.25, -0.2) is 0 Å². The minimum Gasteiger partial charge on any atom is -0.398 e. The lowest BCUT2D eigenvalue weighted by Gasteiger charge is -2.07. The molecular weight excluding hydrogens is 258 g/mol. The first-order chi connectivity index (χ1) is 10.2. The molecule has 0 saturated heterocycles. The van der Waals surface area contributed by atoms with Crippen molar-refractivity contribution >= 4 is 22.2 Å². The van der Waals surface area contributed by atoms with Gasteiger partial charge in [-0.1, -0.05) is 54.6 Å². The largest absolute Gasteiger partial charge is 0.398 e. The molecule has 2 heteroatoms.